The number of hydrogen-bond donors (Lipinski definition) is 1. The van der Waals surface area contributed by atoms with Gasteiger partial charge >= 0.3 is 0 Å². The maximum atomic E-state index is 7.90. The number of nitrogens with zero attached hydrogens (tertiary/aromatic N) is 1. The van der Waals surface area contributed by atoms with E-state index in [4.69, 9.17) is 10.1 Å². The second-order valence-electron chi connectivity index (χ2n) is 5.01. The summed E-state index contributed by atoms with van der Waals surface area (Å²) in [5.41, 5.74) is 2.47. The van der Waals surface area contributed by atoms with E-state index >= 15 is 0 Å². The lowest BCUT2D eigenvalue weighted by molar-refractivity contribution is 0.167. The van der Waals surface area contributed by atoms with Gasteiger partial charge in [0, 0.05) is 6.54 Å². The largest absolute Gasteiger partial charge is 0.455 e. The Hall–Kier alpha value is -1.51. The second-order valence-corrected chi connectivity index (χ2v) is 5.01. The highest BCUT2D eigenvalue weighted by molar-refractivity contribution is 5.73. The van der Waals surface area contributed by atoms with Crippen molar-refractivity contribution in [2.24, 2.45) is 0 Å². The zero-order valence-corrected chi connectivity index (χ0v) is 10.1. The molecule has 0 amide bonds. The fourth-order valence-electron chi connectivity index (χ4n) is 2.84. The van der Waals surface area contributed by atoms with Gasteiger partial charge in [-0.3, -0.25) is 5.41 Å². The Bertz CT molecular complexity index is 426. The van der Waals surface area contributed by atoms with E-state index in [0.717, 1.165) is 13.0 Å². The van der Waals surface area contributed by atoms with E-state index in [9.17, 15) is 0 Å². The van der Waals surface area contributed by atoms with Crippen molar-refractivity contribution >= 4 is 6.02 Å². The summed E-state index contributed by atoms with van der Waals surface area (Å²) < 4.78 is 5.74. The van der Waals surface area contributed by atoms with Crippen molar-refractivity contribution in [2.45, 2.75) is 38.3 Å². The van der Waals surface area contributed by atoms with E-state index in [2.05, 4.69) is 36.1 Å². The van der Waals surface area contributed by atoms with E-state index in [1.807, 2.05) is 0 Å². The number of ether oxygens (including phenoxy) is 1. The third kappa shape index (κ3) is 1.79. The number of benzene rings is 1. The van der Waals surface area contributed by atoms with Crippen molar-refractivity contribution in [1.29, 1.82) is 5.41 Å². The first-order valence-corrected chi connectivity index (χ1v) is 6.34. The fourth-order valence-corrected chi connectivity index (χ4v) is 2.84. The summed E-state index contributed by atoms with van der Waals surface area (Å²) in [6.45, 7) is 3.07. The van der Waals surface area contributed by atoms with E-state index in [0.29, 0.717) is 12.1 Å². The molecule has 1 N–H and O–H groups in total. The quantitative estimate of drug-likeness (QED) is 0.805. The maximum absolute atomic E-state index is 7.90. The molecule has 90 valence electrons. The molecule has 2 aliphatic heterocycles. The molecule has 1 aromatic carbocycles. The molecule has 2 saturated heterocycles. The number of rotatable bonds is 1. The fraction of sp³-hybridized carbons (Fsp3) is 0.500. The monoisotopic (exact) mass is 230 g/mol. The predicted molar refractivity (Wildman–Crippen MR) is 67.1 cm³/mol. The Labute approximate surface area is 102 Å². The van der Waals surface area contributed by atoms with Crippen LogP contribution in [0.3, 0.4) is 0 Å². The molecule has 0 aliphatic carbocycles. The number of aryl methyl sites for hydroxylation is 1. The highest BCUT2D eigenvalue weighted by atomic mass is 16.5. The van der Waals surface area contributed by atoms with Crippen LogP contribution in [0.1, 0.15) is 36.5 Å². The highest BCUT2D eigenvalue weighted by Gasteiger charge is 2.41. The van der Waals surface area contributed by atoms with Crippen LogP contribution in [0.25, 0.3) is 0 Å². The molecule has 2 heterocycles. The molecule has 3 rings (SSSR count). The number of hydrogen-bond acceptors (Lipinski definition) is 2. The predicted octanol–water partition coefficient (Wildman–Crippen LogP) is 2.86. The molecule has 17 heavy (non-hydrogen) atoms. The van der Waals surface area contributed by atoms with Crippen molar-refractivity contribution in [2.75, 3.05) is 6.54 Å². The Kier molecular flexibility index (Phi) is 2.54. The average molecular weight is 230 g/mol. The summed E-state index contributed by atoms with van der Waals surface area (Å²) >= 11 is 0. The van der Waals surface area contributed by atoms with Crippen LogP contribution in [0.15, 0.2) is 24.3 Å². The van der Waals surface area contributed by atoms with Crippen LogP contribution in [0.4, 0.5) is 0 Å². The summed E-state index contributed by atoms with van der Waals surface area (Å²) in [6, 6.07) is 9.23. The SMILES string of the molecule is Cc1ccc(C2OC(=N)N3CCCCC23)cc1. The van der Waals surface area contributed by atoms with Crippen LogP contribution in [-0.2, 0) is 4.74 Å². The molecule has 2 aliphatic rings. The maximum Gasteiger partial charge on any atom is 0.285 e. The smallest absolute Gasteiger partial charge is 0.285 e. The van der Waals surface area contributed by atoms with E-state index in [1.165, 1.54) is 24.0 Å². The van der Waals surface area contributed by atoms with Gasteiger partial charge in [-0.05, 0) is 31.7 Å². The van der Waals surface area contributed by atoms with Gasteiger partial charge in [0.1, 0.15) is 6.10 Å². The summed E-state index contributed by atoms with van der Waals surface area (Å²) in [6.07, 6.45) is 3.63. The molecule has 2 atom stereocenters. The third-order valence-electron chi connectivity index (χ3n) is 3.80. The lowest BCUT2D eigenvalue weighted by Crippen LogP contribution is -2.38. The molecule has 3 nitrogen and oxygen atoms in total. The molecule has 0 spiro atoms. The van der Waals surface area contributed by atoms with Gasteiger partial charge in [0.15, 0.2) is 0 Å². The molecule has 3 heteroatoms. The molecule has 0 bridgehead atoms. The van der Waals surface area contributed by atoms with Crippen molar-refractivity contribution < 1.29 is 4.74 Å². The Balaban J connectivity index is 1.88. The van der Waals surface area contributed by atoms with Gasteiger partial charge in [-0.2, -0.15) is 0 Å². The van der Waals surface area contributed by atoms with Crippen LogP contribution in [0, 0.1) is 12.3 Å². The van der Waals surface area contributed by atoms with E-state index < -0.39 is 0 Å². The van der Waals surface area contributed by atoms with E-state index in [1.54, 1.807) is 0 Å². The summed E-state index contributed by atoms with van der Waals surface area (Å²) in [7, 11) is 0. The topological polar surface area (TPSA) is 36.3 Å². The first kappa shape index (κ1) is 10.6. The van der Waals surface area contributed by atoms with Gasteiger partial charge in [0.2, 0.25) is 0 Å². The Morgan fingerprint density at radius 1 is 1.24 bits per heavy atom. The van der Waals surface area contributed by atoms with Crippen molar-refractivity contribution in [3.63, 3.8) is 0 Å². The van der Waals surface area contributed by atoms with Crippen LogP contribution < -0.4 is 0 Å². The average Bonchev–Trinajstić information content (AvgIpc) is 2.69. The van der Waals surface area contributed by atoms with Gasteiger partial charge < -0.3 is 9.64 Å². The van der Waals surface area contributed by atoms with Crippen molar-refractivity contribution in [3.8, 4) is 0 Å². The van der Waals surface area contributed by atoms with Gasteiger partial charge in [0.05, 0.1) is 6.04 Å². The van der Waals surface area contributed by atoms with Crippen LogP contribution in [0.5, 0.6) is 0 Å². The second kappa shape index (κ2) is 4.06. The van der Waals surface area contributed by atoms with E-state index in [-0.39, 0.29) is 6.10 Å². The highest BCUT2D eigenvalue weighted by Crippen LogP contribution is 2.37. The Morgan fingerprint density at radius 2 is 2.00 bits per heavy atom. The molecular weight excluding hydrogens is 212 g/mol. The normalized spacial score (nSPS) is 27.8. The minimum absolute atomic E-state index is 0.0587. The standard InChI is InChI=1S/C14H18N2O/c1-10-5-7-11(8-6-10)13-12-4-2-3-9-16(12)14(15)17-13/h5-8,12-13,15H,2-4,9H2,1H3. The van der Waals surface area contributed by atoms with Crippen LogP contribution >= 0.6 is 0 Å². The lowest BCUT2D eigenvalue weighted by atomic mass is 9.94. The van der Waals surface area contributed by atoms with Crippen molar-refractivity contribution in [1.82, 2.24) is 4.90 Å². The van der Waals surface area contributed by atoms with Gasteiger partial charge in [-0.25, -0.2) is 0 Å². The number of nitrogens with one attached hydrogen (secondary N) is 1. The molecule has 0 aromatic heterocycles. The van der Waals surface area contributed by atoms with Crippen LogP contribution in [-0.4, -0.2) is 23.5 Å². The molecule has 0 radical (unpaired) electrons. The molecule has 2 fully saturated rings. The first-order chi connectivity index (χ1) is 8.25. The van der Waals surface area contributed by atoms with Crippen LogP contribution in [0.2, 0.25) is 0 Å². The lowest BCUT2D eigenvalue weighted by Gasteiger charge is -2.29. The molecule has 2 unspecified atom stereocenters. The van der Waals surface area contributed by atoms with Crippen molar-refractivity contribution in [3.05, 3.63) is 35.4 Å². The number of piperidine rings is 1. The number of amidine groups is 1. The first-order valence-electron chi connectivity index (χ1n) is 6.34. The zero-order valence-electron chi connectivity index (χ0n) is 10.1. The molecular formula is C14H18N2O. The molecule has 0 saturated carbocycles. The summed E-state index contributed by atoms with van der Waals surface area (Å²) in [5, 5.41) is 7.90. The van der Waals surface area contributed by atoms with Gasteiger partial charge in [0.25, 0.3) is 6.02 Å². The minimum Gasteiger partial charge on any atom is -0.455 e. The third-order valence-corrected chi connectivity index (χ3v) is 3.80. The zero-order chi connectivity index (χ0) is 11.8. The minimum atomic E-state index is 0.0587. The summed E-state index contributed by atoms with van der Waals surface area (Å²) in [5.74, 6) is 0. The van der Waals surface area contributed by atoms with Gasteiger partial charge in [-0.15, -0.1) is 0 Å². The number of fused-ring (bicyclic) bond motifs is 1. The Morgan fingerprint density at radius 3 is 2.76 bits per heavy atom. The molecule has 1 aromatic rings. The summed E-state index contributed by atoms with van der Waals surface area (Å²) in [4.78, 5) is 2.12. The van der Waals surface area contributed by atoms with Gasteiger partial charge in [-0.1, -0.05) is 29.8 Å².